The standard InChI is InChI=1S/C24H29N3O2/c1-4-29-24(28)13-19(18-6-5-10-25-14-18)15-27-22-8-7-17(2)12-20(22)21-16-26(3)11-9-23(21)27/h5-8,10,12,14,19H,4,9,11,13,15-16H2,1-3H3. The molecular formula is C24H29N3O2. The highest BCUT2D eigenvalue weighted by molar-refractivity contribution is 5.86. The van der Waals surface area contributed by atoms with Gasteiger partial charge in [-0.15, -0.1) is 0 Å². The highest BCUT2D eigenvalue weighted by Gasteiger charge is 2.25. The van der Waals surface area contributed by atoms with Crippen LogP contribution in [0, 0.1) is 6.92 Å². The number of ether oxygens (including phenoxy) is 1. The van der Waals surface area contributed by atoms with E-state index in [1.807, 2.05) is 19.2 Å². The summed E-state index contributed by atoms with van der Waals surface area (Å²) in [5.41, 5.74) is 6.45. The van der Waals surface area contributed by atoms with E-state index >= 15 is 0 Å². The molecule has 1 aliphatic rings. The molecule has 4 rings (SSSR count). The van der Waals surface area contributed by atoms with Crippen LogP contribution in [0.5, 0.6) is 0 Å². The van der Waals surface area contributed by atoms with Crippen LogP contribution in [0.3, 0.4) is 0 Å². The first-order chi connectivity index (χ1) is 14.1. The van der Waals surface area contributed by atoms with Crippen molar-refractivity contribution >= 4 is 16.9 Å². The van der Waals surface area contributed by atoms with Gasteiger partial charge in [0.15, 0.2) is 0 Å². The minimum absolute atomic E-state index is 0.0309. The van der Waals surface area contributed by atoms with Gasteiger partial charge < -0.3 is 14.2 Å². The molecule has 3 heterocycles. The van der Waals surface area contributed by atoms with Gasteiger partial charge in [0.25, 0.3) is 0 Å². The number of likely N-dealkylation sites (N-methyl/N-ethyl adjacent to an activating group) is 1. The predicted octanol–water partition coefficient (Wildman–Crippen LogP) is 4.07. The van der Waals surface area contributed by atoms with Crippen LogP contribution in [0.4, 0.5) is 0 Å². The highest BCUT2D eigenvalue weighted by Crippen LogP contribution is 2.34. The molecular weight excluding hydrogens is 362 g/mol. The van der Waals surface area contributed by atoms with E-state index in [0.717, 1.165) is 31.6 Å². The number of carbonyl (C=O) groups is 1. The number of hydrogen-bond donors (Lipinski definition) is 0. The average molecular weight is 392 g/mol. The molecule has 0 spiro atoms. The predicted molar refractivity (Wildman–Crippen MR) is 115 cm³/mol. The van der Waals surface area contributed by atoms with E-state index < -0.39 is 0 Å². The molecule has 0 bridgehead atoms. The van der Waals surface area contributed by atoms with Crippen molar-refractivity contribution in [2.45, 2.75) is 45.7 Å². The molecule has 3 aromatic rings. The van der Waals surface area contributed by atoms with Crippen molar-refractivity contribution in [2.24, 2.45) is 0 Å². The van der Waals surface area contributed by atoms with Crippen LogP contribution in [-0.2, 0) is 29.0 Å². The highest BCUT2D eigenvalue weighted by atomic mass is 16.5. The summed E-state index contributed by atoms with van der Waals surface area (Å²) in [5, 5.41) is 1.34. The number of nitrogens with zero attached hydrogens (tertiary/aromatic N) is 3. The van der Waals surface area contributed by atoms with Gasteiger partial charge in [-0.05, 0) is 50.2 Å². The Balaban J connectivity index is 1.77. The number of rotatable bonds is 6. The Morgan fingerprint density at radius 3 is 2.93 bits per heavy atom. The third-order valence-electron chi connectivity index (χ3n) is 5.88. The van der Waals surface area contributed by atoms with E-state index in [4.69, 9.17) is 4.74 Å². The van der Waals surface area contributed by atoms with Crippen LogP contribution in [0.25, 0.3) is 10.9 Å². The lowest BCUT2D eigenvalue weighted by Gasteiger charge is -2.26. The van der Waals surface area contributed by atoms with Crippen LogP contribution >= 0.6 is 0 Å². The van der Waals surface area contributed by atoms with E-state index in [1.165, 1.54) is 27.7 Å². The minimum atomic E-state index is -0.151. The fourth-order valence-electron chi connectivity index (χ4n) is 4.45. The molecule has 152 valence electrons. The lowest BCUT2D eigenvalue weighted by atomic mass is 9.96. The molecule has 0 radical (unpaired) electrons. The topological polar surface area (TPSA) is 47.4 Å². The number of hydrogen-bond acceptors (Lipinski definition) is 4. The van der Waals surface area contributed by atoms with Crippen LogP contribution in [0.15, 0.2) is 42.7 Å². The Morgan fingerprint density at radius 1 is 1.31 bits per heavy atom. The van der Waals surface area contributed by atoms with Gasteiger partial charge in [0.2, 0.25) is 0 Å². The lowest BCUT2D eigenvalue weighted by Crippen LogP contribution is -2.28. The summed E-state index contributed by atoms with van der Waals surface area (Å²) in [4.78, 5) is 19.0. The minimum Gasteiger partial charge on any atom is -0.466 e. The first kappa shape index (κ1) is 19.6. The largest absolute Gasteiger partial charge is 0.466 e. The Labute approximate surface area is 172 Å². The zero-order chi connectivity index (χ0) is 20.4. The quantitative estimate of drug-likeness (QED) is 0.594. The summed E-state index contributed by atoms with van der Waals surface area (Å²) in [6.07, 6.45) is 5.04. The van der Waals surface area contributed by atoms with Gasteiger partial charge in [-0.3, -0.25) is 9.78 Å². The Kier molecular flexibility index (Phi) is 5.67. The van der Waals surface area contributed by atoms with Crippen molar-refractivity contribution in [3.63, 3.8) is 0 Å². The van der Waals surface area contributed by atoms with Crippen LogP contribution in [0.2, 0.25) is 0 Å². The summed E-state index contributed by atoms with van der Waals surface area (Å²) in [6, 6.07) is 10.7. The van der Waals surface area contributed by atoms with E-state index in [1.54, 1.807) is 6.20 Å². The molecule has 5 heteroatoms. The normalized spacial score (nSPS) is 15.3. The van der Waals surface area contributed by atoms with E-state index in [0.29, 0.717) is 13.0 Å². The van der Waals surface area contributed by atoms with Gasteiger partial charge in [0.05, 0.1) is 13.0 Å². The fraction of sp³-hybridized carbons (Fsp3) is 0.417. The summed E-state index contributed by atoms with van der Waals surface area (Å²) >= 11 is 0. The summed E-state index contributed by atoms with van der Waals surface area (Å²) < 4.78 is 7.71. The third-order valence-corrected chi connectivity index (χ3v) is 5.88. The van der Waals surface area contributed by atoms with Gasteiger partial charge in [-0.2, -0.15) is 0 Å². The maximum atomic E-state index is 12.3. The first-order valence-corrected chi connectivity index (χ1v) is 10.4. The van der Waals surface area contributed by atoms with E-state index in [-0.39, 0.29) is 11.9 Å². The zero-order valence-electron chi connectivity index (χ0n) is 17.5. The molecule has 0 saturated carbocycles. The van der Waals surface area contributed by atoms with Crippen LogP contribution in [0.1, 0.15) is 41.6 Å². The molecule has 5 nitrogen and oxygen atoms in total. The molecule has 0 N–H and O–H groups in total. The van der Waals surface area contributed by atoms with E-state index in [9.17, 15) is 4.79 Å². The van der Waals surface area contributed by atoms with Crippen molar-refractivity contribution in [1.29, 1.82) is 0 Å². The Hall–Kier alpha value is -2.66. The molecule has 2 aromatic heterocycles. The number of fused-ring (bicyclic) bond motifs is 3. The van der Waals surface area contributed by atoms with Crippen LogP contribution in [-0.4, -0.2) is 40.6 Å². The van der Waals surface area contributed by atoms with Crippen molar-refractivity contribution in [1.82, 2.24) is 14.5 Å². The summed E-state index contributed by atoms with van der Waals surface area (Å²) in [5.74, 6) is -0.120. The van der Waals surface area contributed by atoms with Crippen molar-refractivity contribution < 1.29 is 9.53 Å². The fourth-order valence-corrected chi connectivity index (χ4v) is 4.45. The molecule has 1 aromatic carbocycles. The van der Waals surface area contributed by atoms with Gasteiger partial charge in [0.1, 0.15) is 0 Å². The summed E-state index contributed by atoms with van der Waals surface area (Å²) in [7, 11) is 2.18. The smallest absolute Gasteiger partial charge is 0.306 e. The van der Waals surface area contributed by atoms with Crippen LogP contribution < -0.4 is 0 Å². The SMILES string of the molecule is CCOC(=O)CC(Cn1c2c(c3cc(C)ccc31)CN(C)CC2)c1cccnc1. The Morgan fingerprint density at radius 2 is 2.17 bits per heavy atom. The lowest BCUT2D eigenvalue weighted by molar-refractivity contribution is -0.143. The van der Waals surface area contributed by atoms with Crippen molar-refractivity contribution in [3.8, 4) is 0 Å². The maximum Gasteiger partial charge on any atom is 0.306 e. The molecule has 29 heavy (non-hydrogen) atoms. The number of benzene rings is 1. The van der Waals surface area contributed by atoms with Gasteiger partial charge in [0, 0.05) is 61.0 Å². The maximum absolute atomic E-state index is 12.3. The number of esters is 1. The first-order valence-electron chi connectivity index (χ1n) is 10.4. The third kappa shape index (κ3) is 4.06. The van der Waals surface area contributed by atoms with Gasteiger partial charge >= 0.3 is 5.97 Å². The Bertz CT molecular complexity index is 1010. The molecule has 1 aliphatic heterocycles. The molecule has 1 unspecified atom stereocenters. The van der Waals surface area contributed by atoms with Gasteiger partial charge in [-0.25, -0.2) is 0 Å². The monoisotopic (exact) mass is 391 g/mol. The van der Waals surface area contributed by atoms with Crippen molar-refractivity contribution in [2.75, 3.05) is 20.2 Å². The van der Waals surface area contributed by atoms with Crippen molar-refractivity contribution in [3.05, 3.63) is 65.1 Å². The molecule has 0 aliphatic carbocycles. The second-order valence-corrected chi connectivity index (χ2v) is 8.04. The number of aromatic nitrogens is 2. The zero-order valence-corrected chi connectivity index (χ0v) is 17.5. The molecule has 0 amide bonds. The average Bonchev–Trinajstić information content (AvgIpc) is 3.00. The summed E-state index contributed by atoms with van der Waals surface area (Å²) in [6.45, 7) is 7.19. The number of pyridine rings is 1. The van der Waals surface area contributed by atoms with Gasteiger partial charge in [-0.1, -0.05) is 17.7 Å². The second kappa shape index (κ2) is 8.37. The number of aryl methyl sites for hydroxylation is 1. The molecule has 0 saturated heterocycles. The molecule has 1 atom stereocenters. The van der Waals surface area contributed by atoms with E-state index in [2.05, 4.69) is 52.7 Å². The molecule has 0 fully saturated rings. The second-order valence-electron chi connectivity index (χ2n) is 8.04. The number of carbonyl (C=O) groups excluding carboxylic acids is 1.